The predicted molar refractivity (Wildman–Crippen MR) is 53.9 cm³/mol. The smallest absolute Gasteiger partial charge is 0.109 e. The molecular formula is C10H17N3O. The highest BCUT2D eigenvalue weighted by atomic mass is 16.3. The lowest BCUT2D eigenvalue weighted by Crippen LogP contribution is -2.22. The summed E-state index contributed by atoms with van der Waals surface area (Å²) >= 11 is 0. The number of hydrogen-bond donors (Lipinski definition) is 2. The molecule has 1 aliphatic rings. The van der Waals surface area contributed by atoms with Crippen molar-refractivity contribution >= 4 is 0 Å². The molecule has 1 aliphatic heterocycles. The summed E-state index contributed by atoms with van der Waals surface area (Å²) in [5, 5.41) is 9.71. The molecule has 14 heavy (non-hydrogen) atoms. The lowest BCUT2D eigenvalue weighted by Gasteiger charge is -2.25. The molecule has 4 nitrogen and oxygen atoms in total. The SMILES string of the molecule is CC1CCCc2ncc(C(O)CN)n21. The molecule has 78 valence electrons. The van der Waals surface area contributed by atoms with Crippen LogP contribution in [0.25, 0.3) is 0 Å². The second-order valence-corrected chi connectivity index (χ2v) is 3.96. The van der Waals surface area contributed by atoms with Gasteiger partial charge in [-0.2, -0.15) is 0 Å². The summed E-state index contributed by atoms with van der Waals surface area (Å²) in [7, 11) is 0. The number of aromatic nitrogens is 2. The van der Waals surface area contributed by atoms with Crippen LogP contribution in [0.1, 0.15) is 43.4 Å². The Morgan fingerprint density at radius 1 is 1.79 bits per heavy atom. The highest BCUT2D eigenvalue weighted by molar-refractivity contribution is 5.12. The number of aryl methyl sites for hydroxylation is 1. The van der Waals surface area contributed by atoms with Gasteiger partial charge < -0.3 is 15.4 Å². The highest BCUT2D eigenvalue weighted by Crippen LogP contribution is 2.28. The van der Waals surface area contributed by atoms with Gasteiger partial charge in [-0.3, -0.25) is 0 Å². The average molecular weight is 195 g/mol. The van der Waals surface area contributed by atoms with Gasteiger partial charge in [0.05, 0.1) is 11.9 Å². The zero-order valence-electron chi connectivity index (χ0n) is 8.48. The topological polar surface area (TPSA) is 64.1 Å². The minimum absolute atomic E-state index is 0.262. The Balaban J connectivity index is 2.38. The fourth-order valence-corrected chi connectivity index (χ4v) is 2.16. The highest BCUT2D eigenvalue weighted by Gasteiger charge is 2.22. The van der Waals surface area contributed by atoms with Crippen LogP contribution < -0.4 is 5.73 Å². The van der Waals surface area contributed by atoms with Crippen molar-refractivity contribution < 1.29 is 5.11 Å². The molecular weight excluding hydrogens is 178 g/mol. The molecule has 0 radical (unpaired) electrons. The van der Waals surface area contributed by atoms with Crippen LogP contribution in [0.15, 0.2) is 6.20 Å². The van der Waals surface area contributed by atoms with E-state index in [-0.39, 0.29) is 6.54 Å². The molecule has 0 aromatic carbocycles. The van der Waals surface area contributed by atoms with Crippen LogP contribution in [0, 0.1) is 0 Å². The molecule has 1 aromatic heterocycles. The maximum atomic E-state index is 9.71. The van der Waals surface area contributed by atoms with Crippen molar-refractivity contribution in [1.29, 1.82) is 0 Å². The Morgan fingerprint density at radius 3 is 3.29 bits per heavy atom. The second kappa shape index (κ2) is 3.71. The number of aliphatic hydroxyl groups excluding tert-OH is 1. The van der Waals surface area contributed by atoms with E-state index in [0.717, 1.165) is 24.4 Å². The molecule has 0 spiro atoms. The summed E-state index contributed by atoms with van der Waals surface area (Å²) in [5.74, 6) is 1.09. The van der Waals surface area contributed by atoms with Gasteiger partial charge in [-0.15, -0.1) is 0 Å². The van der Waals surface area contributed by atoms with Gasteiger partial charge in [-0.1, -0.05) is 0 Å². The standard InChI is InChI=1S/C10H17N3O/c1-7-3-2-4-10-12-6-8(13(7)10)9(14)5-11/h6-7,9,14H,2-5,11H2,1H3. The van der Waals surface area contributed by atoms with E-state index >= 15 is 0 Å². The van der Waals surface area contributed by atoms with Crippen molar-refractivity contribution in [1.82, 2.24) is 9.55 Å². The van der Waals surface area contributed by atoms with Crippen LogP contribution in [-0.4, -0.2) is 21.2 Å². The van der Waals surface area contributed by atoms with E-state index in [1.54, 1.807) is 6.20 Å². The normalized spacial score (nSPS) is 23.2. The summed E-state index contributed by atoms with van der Waals surface area (Å²) in [5.41, 5.74) is 6.32. The van der Waals surface area contributed by atoms with E-state index < -0.39 is 6.10 Å². The number of rotatable bonds is 2. The molecule has 0 fully saturated rings. The first-order valence-electron chi connectivity index (χ1n) is 5.18. The number of hydrogen-bond acceptors (Lipinski definition) is 3. The van der Waals surface area contributed by atoms with Gasteiger partial charge >= 0.3 is 0 Å². The van der Waals surface area contributed by atoms with E-state index in [4.69, 9.17) is 5.73 Å². The summed E-state index contributed by atoms with van der Waals surface area (Å²) in [4.78, 5) is 4.32. The quantitative estimate of drug-likeness (QED) is 0.732. The van der Waals surface area contributed by atoms with Crippen LogP contribution >= 0.6 is 0 Å². The van der Waals surface area contributed by atoms with Crippen molar-refractivity contribution in [3.8, 4) is 0 Å². The fourth-order valence-electron chi connectivity index (χ4n) is 2.16. The van der Waals surface area contributed by atoms with Crippen LogP contribution in [-0.2, 0) is 6.42 Å². The van der Waals surface area contributed by atoms with Crippen molar-refractivity contribution in [2.45, 2.75) is 38.3 Å². The first-order valence-corrected chi connectivity index (χ1v) is 5.18. The number of aliphatic hydroxyl groups is 1. The van der Waals surface area contributed by atoms with Crippen molar-refractivity contribution in [2.75, 3.05) is 6.54 Å². The number of nitrogens with zero attached hydrogens (tertiary/aromatic N) is 2. The summed E-state index contributed by atoms with van der Waals surface area (Å²) in [6.07, 6.45) is 4.55. The van der Waals surface area contributed by atoms with Crippen molar-refractivity contribution in [3.63, 3.8) is 0 Å². The van der Waals surface area contributed by atoms with Gasteiger partial charge in [0.2, 0.25) is 0 Å². The third-order valence-electron chi connectivity index (χ3n) is 2.93. The predicted octanol–water partition coefficient (Wildman–Crippen LogP) is 0.773. The Labute approximate surface area is 83.8 Å². The monoisotopic (exact) mass is 195 g/mol. The molecule has 2 rings (SSSR count). The zero-order valence-corrected chi connectivity index (χ0v) is 8.48. The molecule has 0 saturated heterocycles. The number of imidazole rings is 1. The molecule has 2 atom stereocenters. The third kappa shape index (κ3) is 1.44. The Hall–Kier alpha value is -0.870. The first kappa shape index (κ1) is 9.68. The molecule has 0 saturated carbocycles. The molecule has 4 heteroatoms. The van der Waals surface area contributed by atoms with E-state index in [9.17, 15) is 5.11 Å². The van der Waals surface area contributed by atoms with E-state index in [1.807, 2.05) is 0 Å². The first-order chi connectivity index (χ1) is 6.74. The molecule has 0 bridgehead atoms. The summed E-state index contributed by atoms with van der Waals surface area (Å²) in [6.45, 7) is 2.43. The largest absolute Gasteiger partial charge is 0.385 e. The molecule has 3 N–H and O–H groups in total. The maximum absolute atomic E-state index is 9.71. The zero-order chi connectivity index (χ0) is 10.1. The van der Waals surface area contributed by atoms with Crippen LogP contribution in [0.2, 0.25) is 0 Å². The van der Waals surface area contributed by atoms with Gasteiger partial charge in [0.25, 0.3) is 0 Å². The minimum Gasteiger partial charge on any atom is -0.385 e. The van der Waals surface area contributed by atoms with Crippen LogP contribution in [0.5, 0.6) is 0 Å². The fraction of sp³-hybridized carbons (Fsp3) is 0.700. The van der Waals surface area contributed by atoms with E-state index in [0.29, 0.717) is 6.04 Å². The average Bonchev–Trinajstić information content (AvgIpc) is 2.62. The van der Waals surface area contributed by atoms with Gasteiger partial charge in [-0.05, 0) is 19.8 Å². The number of nitrogens with two attached hydrogens (primary N) is 1. The number of fused-ring (bicyclic) bond motifs is 1. The van der Waals surface area contributed by atoms with Crippen molar-refractivity contribution in [3.05, 3.63) is 17.7 Å². The Kier molecular flexibility index (Phi) is 2.56. The molecule has 0 aliphatic carbocycles. The lowest BCUT2D eigenvalue weighted by atomic mass is 10.1. The van der Waals surface area contributed by atoms with Gasteiger partial charge in [0, 0.05) is 19.0 Å². The van der Waals surface area contributed by atoms with Crippen LogP contribution in [0.3, 0.4) is 0 Å². The van der Waals surface area contributed by atoms with Gasteiger partial charge in [-0.25, -0.2) is 4.98 Å². The Bertz CT molecular complexity index is 321. The maximum Gasteiger partial charge on any atom is 0.109 e. The van der Waals surface area contributed by atoms with E-state index in [2.05, 4.69) is 16.5 Å². The second-order valence-electron chi connectivity index (χ2n) is 3.96. The summed E-state index contributed by atoms with van der Waals surface area (Å²) in [6, 6.07) is 0.442. The molecule has 2 heterocycles. The lowest BCUT2D eigenvalue weighted by molar-refractivity contribution is 0.172. The Morgan fingerprint density at radius 2 is 2.57 bits per heavy atom. The summed E-state index contributed by atoms with van der Waals surface area (Å²) < 4.78 is 2.14. The van der Waals surface area contributed by atoms with E-state index in [1.165, 1.54) is 6.42 Å². The van der Waals surface area contributed by atoms with Crippen molar-refractivity contribution in [2.24, 2.45) is 5.73 Å². The minimum atomic E-state index is -0.572. The van der Waals surface area contributed by atoms with Gasteiger partial charge in [0.15, 0.2) is 0 Å². The molecule has 2 unspecified atom stereocenters. The molecule has 1 aromatic rings. The third-order valence-corrected chi connectivity index (χ3v) is 2.93. The molecule has 0 amide bonds. The van der Waals surface area contributed by atoms with Crippen LogP contribution in [0.4, 0.5) is 0 Å². The van der Waals surface area contributed by atoms with Gasteiger partial charge in [0.1, 0.15) is 11.9 Å².